The fraction of sp³-hybridized carbons (Fsp3) is 0.375. The van der Waals surface area contributed by atoms with Gasteiger partial charge in [-0.1, -0.05) is 18.2 Å². The zero-order valence-electron chi connectivity index (χ0n) is 14.4. The largest absolute Gasteiger partial charge is 0.395 e. The molecule has 0 aliphatic rings. The molecule has 0 fully saturated rings. The van der Waals surface area contributed by atoms with E-state index in [4.69, 9.17) is 10.8 Å². The van der Waals surface area contributed by atoms with Gasteiger partial charge >= 0.3 is 0 Å². The van der Waals surface area contributed by atoms with Crippen molar-refractivity contribution in [3.05, 3.63) is 30.3 Å². The van der Waals surface area contributed by atoms with Crippen molar-refractivity contribution in [3.8, 4) is 11.3 Å². The average Bonchev–Trinajstić information content (AvgIpc) is 2.50. The third kappa shape index (κ3) is 5.12. The minimum atomic E-state index is -3.75. The number of benzene rings is 1. The number of sulfonamides is 1. The summed E-state index contributed by atoms with van der Waals surface area (Å²) in [5, 5.41) is 11.8. The van der Waals surface area contributed by atoms with E-state index in [2.05, 4.69) is 20.0 Å². The van der Waals surface area contributed by atoms with Gasteiger partial charge in [0.1, 0.15) is 5.82 Å². The van der Waals surface area contributed by atoms with Crippen LogP contribution in [0.2, 0.25) is 0 Å². The van der Waals surface area contributed by atoms with Crippen molar-refractivity contribution in [2.24, 2.45) is 0 Å². The molecule has 136 valence electrons. The van der Waals surface area contributed by atoms with Crippen LogP contribution in [0.3, 0.4) is 0 Å². The molecule has 0 radical (unpaired) electrons. The van der Waals surface area contributed by atoms with Gasteiger partial charge in [0.2, 0.25) is 16.0 Å². The van der Waals surface area contributed by atoms with Crippen molar-refractivity contribution in [1.29, 1.82) is 0 Å². The summed E-state index contributed by atoms with van der Waals surface area (Å²) in [5.74, 6) is 0.418. The monoisotopic (exact) mass is 365 g/mol. The quantitative estimate of drug-likeness (QED) is 0.605. The molecule has 25 heavy (non-hydrogen) atoms. The number of hydrogen-bond acceptors (Lipinski definition) is 7. The molecule has 1 heterocycles. The summed E-state index contributed by atoms with van der Waals surface area (Å²) < 4.78 is 28.1. The highest BCUT2D eigenvalue weighted by Crippen LogP contribution is 2.28. The van der Waals surface area contributed by atoms with E-state index in [1.807, 2.05) is 0 Å². The highest BCUT2D eigenvalue weighted by atomic mass is 32.2. The molecule has 5 N–H and O–H groups in total. The lowest BCUT2D eigenvalue weighted by atomic mass is 10.1. The molecule has 0 spiro atoms. The lowest BCUT2D eigenvalue weighted by Crippen LogP contribution is -2.40. The Morgan fingerprint density at radius 2 is 1.88 bits per heavy atom. The standard InChI is InChI=1S/C16H23N5O3S/c1-16(2,3)21-25(23,24)13-7-5-4-6-11(13)12-10-14(18-8-9-22)20-15(17)19-12/h4-7,10,21-22H,8-9H2,1-3H3,(H3,17,18,19,20). The summed E-state index contributed by atoms with van der Waals surface area (Å²) in [7, 11) is -3.75. The van der Waals surface area contributed by atoms with E-state index in [-0.39, 0.29) is 17.5 Å². The second-order valence-electron chi connectivity index (χ2n) is 6.50. The Morgan fingerprint density at radius 1 is 1.20 bits per heavy atom. The summed E-state index contributed by atoms with van der Waals surface area (Å²) in [6.45, 7) is 5.54. The molecule has 0 unspecified atom stereocenters. The van der Waals surface area contributed by atoms with E-state index in [9.17, 15) is 8.42 Å². The molecule has 0 amide bonds. The van der Waals surface area contributed by atoms with Gasteiger partial charge in [-0.25, -0.2) is 18.1 Å². The van der Waals surface area contributed by atoms with E-state index in [1.54, 1.807) is 45.0 Å². The number of nitrogen functional groups attached to an aromatic ring is 1. The molecule has 0 atom stereocenters. The zero-order valence-corrected chi connectivity index (χ0v) is 15.3. The van der Waals surface area contributed by atoms with Crippen LogP contribution in [-0.2, 0) is 10.0 Å². The van der Waals surface area contributed by atoms with Gasteiger partial charge < -0.3 is 16.2 Å². The Kier molecular flexibility index (Phi) is 5.61. The molecule has 0 saturated carbocycles. The number of nitrogens with two attached hydrogens (primary N) is 1. The summed E-state index contributed by atoms with van der Waals surface area (Å²) in [6.07, 6.45) is 0. The molecule has 0 aliphatic heterocycles. The SMILES string of the molecule is CC(C)(C)NS(=O)(=O)c1ccccc1-c1cc(NCCO)nc(N)n1. The maximum atomic E-state index is 12.7. The van der Waals surface area contributed by atoms with Gasteiger partial charge in [-0.05, 0) is 26.8 Å². The first-order valence-corrected chi connectivity index (χ1v) is 9.23. The van der Waals surface area contributed by atoms with Crippen LogP contribution in [0.1, 0.15) is 20.8 Å². The predicted molar refractivity (Wildman–Crippen MR) is 97.5 cm³/mol. The fourth-order valence-corrected chi connectivity index (χ4v) is 3.89. The maximum absolute atomic E-state index is 12.7. The minimum Gasteiger partial charge on any atom is -0.395 e. The van der Waals surface area contributed by atoms with Gasteiger partial charge in [0, 0.05) is 23.7 Å². The van der Waals surface area contributed by atoms with Crippen LogP contribution < -0.4 is 15.8 Å². The maximum Gasteiger partial charge on any atom is 0.241 e. The Morgan fingerprint density at radius 3 is 2.52 bits per heavy atom. The van der Waals surface area contributed by atoms with Crippen molar-refractivity contribution in [1.82, 2.24) is 14.7 Å². The third-order valence-electron chi connectivity index (χ3n) is 3.05. The predicted octanol–water partition coefficient (Wildman–Crippen LogP) is 1.21. The van der Waals surface area contributed by atoms with Gasteiger partial charge in [-0.3, -0.25) is 0 Å². The van der Waals surface area contributed by atoms with Crippen molar-refractivity contribution in [3.63, 3.8) is 0 Å². The van der Waals surface area contributed by atoms with Crippen molar-refractivity contribution >= 4 is 21.8 Å². The summed E-state index contributed by atoms with van der Waals surface area (Å²) >= 11 is 0. The molecule has 0 saturated heterocycles. The molecule has 2 aromatic rings. The Bertz CT molecular complexity index is 847. The van der Waals surface area contributed by atoms with Gasteiger partial charge in [-0.2, -0.15) is 4.98 Å². The van der Waals surface area contributed by atoms with Crippen LogP contribution in [0.4, 0.5) is 11.8 Å². The molecule has 1 aromatic heterocycles. The molecule has 0 bridgehead atoms. The molecular weight excluding hydrogens is 342 g/mol. The highest BCUT2D eigenvalue weighted by molar-refractivity contribution is 7.89. The molecule has 9 heteroatoms. The second-order valence-corrected chi connectivity index (χ2v) is 8.15. The van der Waals surface area contributed by atoms with Crippen LogP contribution in [0.25, 0.3) is 11.3 Å². The highest BCUT2D eigenvalue weighted by Gasteiger charge is 2.25. The molecular formula is C16H23N5O3S. The van der Waals surface area contributed by atoms with E-state index >= 15 is 0 Å². The molecule has 2 rings (SSSR count). The van der Waals surface area contributed by atoms with Gasteiger partial charge in [-0.15, -0.1) is 0 Å². The van der Waals surface area contributed by atoms with E-state index in [0.29, 0.717) is 23.6 Å². The lowest BCUT2D eigenvalue weighted by molar-refractivity contribution is 0.311. The average molecular weight is 365 g/mol. The third-order valence-corrected chi connectivity index (χ3v) is 4.87. The number of nitrogens with zero attached hydrogens (tertiary/aromatic N) is 2. The van der Waals surface area contributed by atoms with E-state index < -0.39 is 15.6 Å². The van der Waals surface area contributed by atoms with Crippen molar-refractivity contribution < 1.29 is 13.5 Å². The van der Waals surface area contributed by atoms with Gasteiger partial charge in [0.25, 0.3) is 0 Å². The van der Waals surface area contributed by atoms with Crippen LogP contribution >= 0.6 is 0 Å². The van der Waals surface area contributed by atoms with E-state index in [1.165, 1.54) is 6.07 Å². The first kappa shape index (κ1) is 19.1. The Labute approximate surface area is 147 Å². The number of rotatable bonds is 6. The summed E-state index contributed by atoms with van der Waals surface area (Å²) in [5.41, 5.74) is 5.91. The smallest absolute Gasteiger partial charge is 0.241 e. The van der Waals surface area contributed by atoms with E-state index in [0.717, 1.165) is 0 Å². The molecule has 1 aromatic carbocycles. The van der Waals surface area contributed by atoms with Crippen LogP contribution in [0.15, 0.2) is 35.2 Å². The Hall–Kier alpha value is -2.23. The summed E-state index contributed by atoms with van der Waals surface area (Å²) in [6, 6.07) is 8.15. The van der Waals surface area contributed by atoms with Crippen LogP contribution in [0, 0.1) is 0 Å². The second kappa shape index (κ2) is 7.34. The number of aliphatic hydroxyl groups is 1. The first-order chi connectivity index (χ1) is 11.6. The van der Waals surface area contributed by atoms with Gasteiger partial charge in [0.15, 0.2) is 0 Å². The molecule has 0 aliphatic carbocycles. The number of nitrogens with one attached hydrogen (secondary N) is 2. The summed E-state index contributed by atoms with van der Waals surface area (Å²) in [4.78, 5) is 8.29. The van der Waals surface area contributed by atoms with Crippen LogP contribution in [-0.4, -0.2) is 42.2 Å². The minimum absolute atomic E-state index is 0.00826. The van der Waals surface area contributed by atoms with Crippen LogP contribution in [0.5, 0.6) is 0 Å². The number of anilines is 2. The zero-order chi connectivity index (χ0) is 18.7. The van der Waals surface area contributed by atoms with Crippen molar-refractivity contribution in [2.75, 3.05) is 24.2 Å². The normalized spacial score (nSPS) is 12.2. The van der Waals surface area contributed by atoms with Crippen molar-refractivity contribution in [2.45, 2.75) is 31.2 Å². The Balaban J connectivity index is 2.53. The number of aromatic nitrogens is 2. The fourth-order valence-electron chi connectivity index (χ4n) is 2.25. The number of hydrogen-bond donors (Lipinski definition) is 4. The van der Waals surface area contributed by atoms with Gasteiger partial charge in [0.05, 0.1) is 17.2 Å². The molecule has 8 nitrogen and oxygen atoms in total. The lowest BCUT2D eigenvalue weighted by Gasteiger charge is -2.21. The topological polar surface area (TPSA) is 130 Å². The first-order valence-electron chi connectivity index (χ1n) is 7.75. The number of aliphatic hydroxyl groups excluding tert-OH is 1.